The minimum Gasteiger partial charge on any atom is -0.453 e. The number of aromatic nitrogens is 4. The van der Waals surface area contributed by atoms with Crippen molar-refractivity contribution in [3.8, 4) is 21.0 Å². The molecule has 14 nitrogen and oxygen atoms in total. The molecule has 2 aliphatic heterocycles. The molecular weight excluding hydrogens is 733 g/mol. The summed E-state index contributed by atoms with van der Waals surface area (Å²) in [5, 5.41) is 7.53. The van der Waals surface area contributed by atoms with Gasteiger partial charge in [0.05, 0.1) is 42.2 Å². The summed E-state index contributed by atoms with van der Waals surface area (Å²) in [5.74, 6) is 1.07. The van der Waals surface area contributed by atoms with Gasteiger partial charge in [0.25, 0.3) is 0 Å². The first-order valence-corrected chi connectivity index (χ1v) is 20.2. The van der Waals surface area contributed by atoms with Crippen LogP contribution in [0.1, 0.15) is 88.4 Å². The van der Waals surface area contributed by atoms with Crippen molar-refractivity contribution in [2.24, 2.45) is 11.8 Å². The van der Waals surface area contributed by atoms with E-state index in [1.54, 1.807) is 11.3 Å². The lowest BCUT2D eigenvalue weighted by Gasteiger charge is -2.30. The van der Waals surface area contributed by atoms with Crippen molar-refractivity contribution in [2.75, 3.05) is 27.3 Å². The molecule has 0 saturated carbocycles. The van der Waals surface area contributed by atoms with E-state index in [-0.39, 0.29) is 35.7 Å². The summed E-state index contributed by atoms with van der Waals surface area (Å²) in [5.41, 5.74) is 6.13. The van der Waals surface area contributed by atoms with Crippen molar-refractivity contribution in [1.82, 2.24) is 40.4 Å². The van der Waals surface area contributed by atoms with Gasteiger partial charge in [0.1, 0.15) is 29.4 Å². The Labute approximate surface area is 328 Å². The lowest BCUT2D eigenvalue weighted by molar-refractivity contribution is -0.136. The van der Waals surface area contributed by atoms with E-state index in [1.807, 2.05) is 43.6 Å². The van der Waals surface area contributed by atoms with Crippen LogP contribution in [-0.4, -0.2) is 93.1 Å². The SMILES string of the molecule is COC(=O)N[C@H](C(=O)N1CCC[C@H]1c1nc2c([nH]1)Cc1cc(-c3ccc4c(ccc5[nH]c([C@@H]6CCCN6C(=O)[C@@H](NC(=O)OC)C(C)C)nc54)c3)sc1-2)C(C)C. The number of fused-ring (bicyclic) bond motifs is 6. The highest BCUT2D eigenvalue weighted by Gasteiger charge is 2.40. The minimum absolute atomic E-state index is 0.101. The Morgan fingerprint density at radius 3 is 2.00 bits per heavy atom. The molecule has 1 aliphatic carbocycles. The topological polar surface area (TPSA) is 175 Å². The standard InChI is InChI=1S/C41H48N8O6S/c1-20(2)31(46-40(52)54-5)38(50)48-15-7-9-28(48)36-42-26-14-12-22-17-23(11-13-25(22)33(26)44-36)30-19-24-18-27-34(35(24)56-30)45-37(43-27)29-10-8-16-49(29)39(51)32(21(3)4)47-41(53)55-6/h11-14,17,19-21,28-29,31-32H,7-10,15-16,18H2,1-6H3,(H,42,44)(H,43,45)(H,46,52)(H,47,53)/t28-,29-,31-,32-/m0/s1. The number of aromatic amines is 2. The monoisotopic (exact) mass is 780 g/mol. The van der Waals surface area contributed by atoms with Crippen LogP contribution in [0.2, 0.25) is 0 Å². The van der Waals surface area contributed by atoms with E-state index in [0.29, 0.717) is 13.1 Å². The molecule has 8 rings (SSSR count). The zero-order valence-corrected chi connectivity index (χ0v) is 33.3. The highest BCUT2D eigenvalue weighted by Crippen LogP contribution is 2.46. The maximum Gasteiger partial charge on any atom is 0.407 e. The first-order chi connectivity index (χ1) is 26.9. The molecule has 2 fully saturated rings. The van der Waals surface area contributed by atoms with E-state index >= 15 is 0 Å². The molecule has 4 atom stereocenters. The zero-order chi connectivity index (χ0) is 39.4. The number of alkyl carbamates (subject to hydrolysis) is 2. The quantitative estimate of drug-likeness (QED) is 0.124. The van der Waals surface area contributed by atoms with Crippen LogP contribution >= 0.6 is 11.3 Å². The average molecular weight is 781 g/mol. The van der Waals surface area contributed by atoms with Crippen LogP contribution in [0.5, 0.6) is 0 Å². The summed E-state index contributed by atoms with van der Waals surface area (Å²) in [4.78, 5) is 74.6. The molecule has 5 aromatic rings. The first kappa shape index (κ1) is 37.5. The van der Waals surface area contributed by atoms with Crippen molar-refractivity contribution >= 4 is 57.1 Å². The van der Waals surface area contributed by atoms with Gasteiger partial charge in [0, 0.05) is 35.5 Å². The zero-order valence-electron chi connectivity index (χ0n) is 32.5. The minimum atomic E-state index is -0.693. The van der Waals surface area contributed by atoms with Gasteiger partial charge < -0.3 is 39.9 Å². The number of likely N-dealkylation sites (tertiary alicyclic amines) is 2. The molecule has 56 heavy (non-hydrogen) atoms. The van der Waals surface area contributed by atoms with E-state index in [2.05, 4.69) is 50.9 Å². The number of benzene rings is 2. The van der Waals surface area contributed by atoms with E-state index in [1.165, 1.54) is 19.8 Å². The maximum atomic E-state index is 13.7. The summed E-state index contributed by atoms with van der Waals surface area (Å²) in [7, 11) is 2.59. The summed E-state index contributed by atoms with van der Waals surface area (Å²) < 4.78 is 9.57. The Balaban J connectivity index is 1.02. The van der Waals surface area contributed by atoms with Gasteiger partial charge in [-0.2, -0.15) is 0 Å². The number of carbonyl (C=O) groups excluding carboxylic acids is 4. The van der Waals surface area contributed by atoms with Crippen LogP contribution in [0.3, 0.4) is 0 Å². The lowest BCUT2D eigenvalue weighted by Crippen LogP contribution is -2.51. The number of hydrogen-bond acceptors (Lipinski definition) is 9. The molecule has 2 saturated heterocycles. The number of ether oxygens (including phenoxy) is 2. The van der Waals surface area contributed by atoms with Crippen LogP contribution in [0.25, 0.3) is 42.8 Å². The molecule has 0 radical (unpaired) electrons. The van der Waals surface area contributed by atoms with Crippen LogP contribution in [0, 0.1) is 11.8 Å². The number of hydrogen-bond donors (Lipinski definition) is 4. The third kappa shape index (κ3) is 6.65. The molecule has 3 aromatic heterocycles. The highest BCUT2D eigenvalue weighted by atomic mass is 32.1. The second-order valence-corrected chi connectivity index (χ2v) is 16.8. The van der Waals surface area contributed by atoms with E-state index in [0.717, 1.165) is 92.3 Å². The lowest BCUT2D eigenvalue weighted by atomic mass is 10.0. The van der Waals surface area contributed by atoms with Crippen LogP contribution in [0.4, 0.5) is 9.59 Å². The van der Waals surface area contributed by atoms with Gasteiger partial charge in [0.15, 0.2) is 0 Å². The van der Waals surface area contributed by atoms with Crippen LogP contribution < -0.4 is 10.6 Å². The third-order valence-corrected chi connectivity index (χ3v) is 12.7. The van der Waals surface area contributed by atoms with Crippen molar-refractivity contribution in [1.29, 1.82) is 0 Å². The Bertz CT molecular complexity index is 2340. The number of H-pyrrole nitrogens is 2. The number of nitrogens with zero attached hydrogens (tertiary/aromatic N) is 4. The van der Waals surface area contributed by atoms with Gasteiger partial charge in [-0.1, -0.05) is 45.9 Å². The van der Waals surface area contributed by atoms with Crippen LogP contribution in [-0.2, 0) is 25.5 Å². The molecule has 2 aromatic carbocycles. The Kier molecular flexibility index (Phi) is 9.97. The molecule has 4 N–H and O–H groups in total. The van der Waals surface area contributed by atoms with Crippen molar-refractivity contribution < 1.29 is 28.7 Å². The second-order valence-electron chi connectivity index (χ2n) is 15.7. The number of amides is 4. The largest absolute Gasteiger partial charge is 0.453 e. The number of imidazole rings is 2. The number of methoxy groups -OCH3 is 2. The molecule has 294 valence electrons. The third-order valence-electron chi connectivity index (χ3n) is 11.4. The maximum absolute atomic E-state index is 13.7. The molecule has 4 amide bonds. The molecule has 0 spiro atoms. The van der Waals surface area contributed by atoms with Gasteiger partial charge in [-0.3, -0.25) is 9.59 Å². The number of nitrogens with one attached hydrogen (secondary N) is 4. The summed E-state index contributed by atoms with van der Waals surface area (Å²) in [6.07, 6.45) is 2.80. The average Bonchev–Trinajstić information content (AvgIpc) is 4.04. The van der Waals surface area contributed by atoms with Crippen LogP contribution in [0.15, 0.2) is 36.4 Å². The molecule has 5 heterocycles. The Morgan fingerprint density at radius 1 is 0.804 bits per heavy atom. The van der Waals surface area contributed by atoms with Gasteiger partial charge >= 0.3 is 12.2 Å². The summed E-state index contributed by atoms with van der Waals surface area (Å²) >= 11 is 1.73. The molecule has 15 heteroatoms. The molecule has 0 bridgehead atoms. The molecule has 3 aliphatic rings. The molecular formula is C41H48N8O6S. The number of carbonyl (C=O) groups is 4. The fourth-order valence-corrected chi connectivity index (χ4v) is 9.71. The van der Waals surface area contributed by atoms with E-state index < -0.39 is 24.3 Å². The Hall–Kier alpha value is -5.44. The summed E-state index contributed by atoms with van der Waals surface area (Å²) in [6, 6.07) is 11.1. The number of thiophene rings is 1. The van der Waals surface area contributed by atoms with Crippen molar-refractivity contribution in [2.45, 2.75) is 84.0 Å². The van der Waals surface area contributed by atoms with E-state index in [9.17, 15) is 19.2 Å². The smallest absolute Gasteiger partial charge is 0.407 e. The summed E-state index contributed by atoms with van der Waals surface area (Å²) in [6.45, 7) is 8.85. The fourth-order valence-electron chi connectivity index (χ4n) is 8.51. The van der Waals surface area contributed by atoms with E-state index in [4.69, 9.17) is 19.4 Å². The predicted molar refractivity (Wildman–Crippen MR) is 213 cm³/mol. The van der Waals surface area contributed by atoms with Gasteiger partial charge in [-0.15, -0.1) is 11.3 Å². The van der Waals surface area contributed by atoms with Gasteiger partial charge in [0.2, 0.25) is 11.8 Å². The van der Waals surface area contributed by atoms with Crippen molar-refractivity contribution in [3.05, 3.63) is 59.3 Å². The highest BCUT2D eigenvalue weighted by molar-refractivity contribution is 7.19. The fraction of sp³-hybridized carbons (Fsp3) is 0.463. The van der Waals surface area contributed by atoms with Gasteiger partial charge in [-0.05, 0) is 72.2 Å². The Morgan fingerprint density at radius 2 is 1.41 bits per heavy atom. The van der Waals surface area contributed by atoms with Gasteiger partial charge in [-0.25, -0.2) is 19.6 Å². The predicted octanol–water partition coefficient (Wildman–Crippen LogP) is 6.83. The normalized spacial score (nSPS) is 18.8. The molecule has 0 unspecified atom stereocenters. The second kappa shape index (κ2) is 14.9. The number of rotatable bonds is 9. The van der Waals surface area contributed by atoms with Crippen molar-refractivity contribution in [3.63, 3.8) is 0 Å². The first-order valence-electron chi connectivity index (χ1n) is 19.4.